The lowest BCUT2D eigenvalue weighted by Gasteiger charge is -2.24. The highest BCUT2D eigenvalue weighted by Gasteiger charge is 2.33. The predicted molar refractivity (Wildman–Crippen MR) is 71.1 cm³/mol. The summed E-state index contributed by atoms with van der Waals surface area (Å²) < 4.78 is 11.2. The largest absolute Gasteiger partial charge is 0.446 e. The number of rotatable bonds is 5. The molecule has 1 heterocycles. The van der Waals surface area contributed by atoms with Gasteiger partial charge < -0.3 is 9.47 Å². The molecule has 0 saturated carbocycles. The van der Waals surface area contributed by atoms with Gasteiger partial charge in [0.2, 0.25) is 0 Å². The van der Waals surface area contributed by atoms with Crippen molar-refractivity contribution in [3.63, 3.8) is 0 Å². The summed E-state index contributed by atoms with van der Waals surface area (Å²) >= 11 is 0. The highest BCUT2D eigenvalue weighted by atomic mass is 16.6. The zero-order valence-corrected chi connectivity index (χ0v) is 12.3. The molecule has 1 aliphatic heterocycles. The highest BCUT2D eigenvalue weighted by molar-refractivity contribution is 5.75. The Morgan fingerprint density at radius 1 is 1.39 bits per heavy atom. The lowest BCUT2D eigenvalue weighted by Crippen LogP contribution is -2.38. The quantitative estimate of drug-likeness (QED) is 0.767. The number of hydrogen-bond donors (Lipinski definition) is 1. The SMILES string of the molecule is CC(C)COC[C@H]1CCNC1OC(=O)C(C)(C)C. The minimum atomic E-state index is -0.451. The van der Waals surface area contributed by atoms with Crippen molar-refractivity contribution in [2.24, 2.45) is 17.3 Å². The Labute approximate surface area is 110 Å². The highest BCUT2D eigenvalue weighted by Crippen LogP contribution is 2.22. The maximum atomic E-state index is 11.8. The maximum Gasteiger partial charge on any atom is 0.312 e. The van der Waals surface area contributed by atoms with E-state index in [1.54, 1.807) is 0 Å². The lowest BCUT2D eigenvalue weighted by molar-refractivity contribution is -0.162. The van der Waals surface area contributed by atoms with Gasteiger partial charge in [-0.1, -0.05) is 13.8 Å². The Kier molecular flexibility index (Phi) is 5.60. The first kappa shape index (κ1) is 15.4. The molecule has 1 fully saturated rings. The third-order valence-electron chi connectivity index (χ3n) is 2.92. The van der Waals surface area contributed by atoms with Crippen molar-refractivity contribution in [1.82, 2.24) is 5.32 Å². The van der Waals surface area contributed by atoms with Gasteiger partial charge in [-0.2, -0.15) is 0 Å². The molecule has 4 heteroatoms. The smallest absolute Gasteiger partial charge is 0.312 e. The first-order valence-corrected chi connectivity index (χ1v) is 6.83. The Hall–Kier alpha value is -0.610. The number of ether oxygens (including phenoxy) is 2. The minimum Gasteiger partial charge on any atom is -0.446 e. The first-order chi connectivity index (χ1) is 8.30. The summed E-state index contributed by atoms with van der Waals surface area (Å²) in [6, 6.07) is 0. The van der Waals surface area contributed by atoms with Crippen LogP contribution in [0, 0.1) is 17.3 Å². The Balaban J connectivity index is 2.38. The molecule has 0 aromatic rings. The van der Waals surface area contributed by atoms with E-state index in [1.165, 1.54) is 0 Å². The average molecular weight is 257 g/mol. The van der Waals surface area contributed by atoms with Crippen LogP contribution >= 0.6 is 0 Å². The van der Waals surface area contributed by atoms with Crippen molar-refractivity contribution in [2.75, 3.05) is 19.8 Å². The van der Waals surface area contributed by atoms with Crippen LogP contribution in [0.15, 0.2) is 0 Å². The molecule has 1 saturated heterocycles. The van der Waals surface area contributed by atoms with E-state index < -0.39 is 5.41 Å². The fourth-order valence-corrected chi connectivity index (χ4v) is 1.78. The van der Waals surface area contributed by atoms with E-state index in [1.807, 2.05) is 20.8 Å². The van der Waals surface area contributed by atoms with E-state index >= 15 is 0 Å². The molecular weight excluding hydrogens is 230 g/mol. The average Bonchev–Trinajstić information content (AvgIpc) is 2.64. The summed E-state index contributed by atoms with van der Waals surface area (Å²) in [6.07, 6.45) is 0.809. The van der Waals surface area contributed by atoms with Crippen LogP contribution in [0.5, 0.6) is 0 Å². The summed E-state index contributed by atoms with van der Waals surface area (Å²) in [7, 11) is 0. The van der Waals surface area contributed by atoms with Crippen LogP contribution < -0.4 is 5.32 Å². The molecule has 1 N–H and O–H groups in total. The number of esters is 1. The Morgan fingerprint density at radius 2 is 2.06 bits per heavy atom. The topological polar surface area (TPSA) is 47.6 Å². The molecule has 0 spiro atoms. The molecule has 2 atom stereocenters. The van der Waals surface area contributed by atoms with Crippen LogP contribution in [0.4, 0.5) is 0 Å². The van der Waals surface area contributed by atoms with Crippen LogP contribution in [0.3, 0.4) is 0 Å². The normalized spacial score (nSPS) is 24.6. The fourth-order valence-electron chi connectivity index (χ4n) is 1.78. The molecule has 0 aromatic heterocycles. The standard InChI is InChI=1S/C14H27NO3/c1-10(2)8-17-9-11-6-7-15-12(11)18-13(16)14(3,4)5/h10-12,15H,6-9H2,1-5H3/t11-,12?/m1/s1. The van der Waals surface area contributed by atoms with E-state index in [-0.39, 0.29) is 18.1 Å². The summed E-state index contributed by atoms with van der Waals surface area (Å²) in [5, 5.41) is 3.22. The van der Waals surface area contributed by atoms with Crippen LogP contribution in [-0.2, 0) is 14.3 Å². The lowest BCUT2D eigenvalue weighted by atomic mass is 9.97. The van der Waals surface area contributed by atoms with Crippen LogP contribution in [-0.4, -0.2) is 32.0 Å². The molecule has 0 bridgehead atoms. The van der Waals surface area contributed by atoms with Gasteiger partial charge in [0.05, 0.1) is 12.0 Å². The van der Waals surface area contributed by atoms with Gasteiger partial charge in [0.1, 0.15) is 0 Å². The molecule has 1 rings (SSSR count). The van der Waals surface area contributed by atoms with Crippen molar-refractivity contribution >= 4 is 5.97 Å². The van der Waals surface area contributed by atoms with Gasteiger partial charge in [-0.25, -0.2) is 0 Å². The summed E-state index contributed by atoms with van der Waals surface area (Å²) in [5.74, 6) is 0.653. The zero-order chi connectivity index (χ0) is 13.8. The van der Waals surface area contributed by atoms with Crippen LogP contribution in [0.2, 0.25) is 0 Å². The van der Waals surface area contributed by atoms with Crippen molar-refractivity contribution in [1.29, 1.82) is 0 Å². The second-order valence-corrected chi connectivity index (χ2v) is 6.51. The van der Waals surface area contributed by atoms with Gasteiger partial charge in [-0.15, -0.1) is 0 Å². The Bertz CT molecular complexity index is 271. The molecule has 4 nitrogen and oxygen atoms in total. The van der Waals surface area contributed by atoms with E-state index in [2.05, 4.69) is 19.2 Å². The van der Waals surface area contributed by atoms with Crippen LogP contribution in [0.25, 0.3) is 0 Å². The molecule has 0 aromatic carbocycles. The first-order valence-electron chi connectivity index (χ1n) is 6.83. The molecule has 1 unspecified atom stereocenters. The summed E-state index contributed by atoms with van der Waals surface area (Å²) in [4.78, 5) is 11.8. The monoisotopic (exact) mass is 257 g/mol. The van der Waals surface area contributed by atoms with Gasteiger partial charge in [0, 0.05) is 12.5 Å². The molecule has 0 radical (unpaired) electrons. The maximum absolute atomic E-state index is 11.8. The van der Waals surface area contributed by atoms with Crippen molar-refractivity contribution in [3.05, 3.63) is 0 Å². The predicted octanol–water partition coefficient (Wildman–Crippen LogP) is 2.18. The van der Waals surface area contributed by atoms with Crippen molar-refractivity contribution < 1.29 is 14.3 Å². The number of carbonyl (C=O) groups is 1. The summed E-state index contributed by atoms with van der Waals surface area (Å²) in [6.45, 7) is 12.2. The molecule has 1 aliphatic rings. The third kappa shape index (κ3) is 4.94. The molecule has 18 heavy (non-hydrogen) atoms. The molecular formula is C14H27NO3. The van der Waals surface area contributed by atoms with Crippen molar-refractivity contribution in [2.45, 2.75) is 47.3 Å². The number of nitrogens with one attached hydrogen (secondary N) is 1. The fraction of sp³-hybridized carbons (Fsp3) is 0.929. The van der Waals surface area contributed by atoms with E-state index in [4.69, 9.17) is 9.47 Å². The van der Waals surface area contributed by atoms with Gasteiger partial charge in [0.25, 0.3) is 0 Å². The molecule has 106 valence electrons. The number of carbonyl (C=O) groups excluding carboxylic acids is 1. The Morgan fingerprint density at radius 3 is 2.61 bits per heavy atom. The second kappa shape index (κ2) is 6.53. The van der Waals surface area contributed by atoms with E-state index in [0.29, 0.717) is 12.5 Å². The minimum absolute atomic E-state index is 0.157. The van der Waals surface area contributed by atoms with E-state index in [0.717, 1.165) is 19.6 Å². The van der Waals surface area contributed by atoms with E-state index in [9.17, 15) is 4.79 Å². The van der Waals surface area contributed by atoms with Crippen LogP contribution in [0.1, 0.15) is 41.0 Å². The second-order valence-electron chi connectivity index (χ2n) is 6.51. The van der Waals surface area contributed by atoms with Gasteiger partial charge in [-0.3, -0.25) is 10.1 Å². The zero-order valence-electron chi connectivity index (χ0n) is 12.3. The van der Waals surface area contributed by atoms with Gasteiger partial charge in [-0.05, 0) is 39.7 Å². The number of hydrogen-bond acceptors (Lipinski definition) is 4. The molecule has 0 aliphatic carbocycles. The summed E-state index contributed by atoms with van der Waals surface area (Å²) in [5.41, 5.74) is -0.451. The third-order valence-corrected chi connectivity index (χ3v) is 2.92. The van der Waals surface area contributed by atoms with Gasteiger partial charge in [0.15, 0.2) is 6.23 Å². The van der Waals surface area contributed by atoms with Gasteiger partial charge >= 0.3 is 5.97 Å². The van der Waals surface area contributed by atoms with Crippen molar-refractivity contribution in [3.8, 4) is 0 Å². The molecule has 0 amide bonds.